The molecular weight excluding hydrogens is 476 g/mol. The summed E-state index contributed by atoms with van der Waals surface area (Å²) in [4.78, 5) is 36.9. The third-order valence-electron chi connectivity index (χ3n) is 4.98. The highest BCUT2D eigenvalue weighted by atomic mass is 31.2. The predicted octanol–water partition coefficient (Wildman–Crippen LogP) is 2.36. The summed E-state index contributed by atoms with van der Waals surface area (Å²) < 4.78 is 78.8. The van der Waals surface area contributed by atoms with E-state index < -0.39 is 61.1 Å². The lowest BCUT2D eigenvalue weighted by Crippen LogP contribution is -2.36. The van der Waals surface area contributed by atoms with Crippen molar-refractivity contribution >= 4 is 13.8 Å². The van der Waals surface area contributed by atoms with Crippen molar-refractivity contribution in [3.05, 3.63) is 32.6 Å². The highest BCUT2D eigenvalue weighted by Gasteiger charge is 2.48. The Morgan fingerprint density at radius 1 is 1.30 bits per heavy atom. The average Bonchev–Trinajstić information content (AvgIpc) is 3.08. The molecule has 1 unspecified atom stereocenters. The fourth-order valence-corrected chi connectivity index (χ4v) is 4.68. The van der Waals surface area contributed by atoms with Crippen LogP contribution >= 0.6 is 7.82 Å². The zero-order chi connectivity index (χ0) is 24.6. The molecule has 2 fully saturated rings. The van der Waals surface area contributed by atoms with Gasteiger partial charge in [-0.1, -0.05) is 6.92 Å². The zero-order valence-corrected chi connectivity index (χ0v) is 18.9. The second-order valence-electron chi connectivity index (χ2n) is 7.97. The number of alkyl halides is 3. The quantitative estimate of drug-likeness (QED) is 0.442. The van der Waals surface area contributed by atoms with Gasteiger partial charge in [-0.05, 0) is 20.3 Å². The van der Waals surface area contributed by atoms with E-state index in [2.05, 4.69) is 0 Å². The van der Waals surface area contributed by atoms with E-state index in [4.69, 9.17) is 23.0 Å². The van der Waals surface area contributed by atoms with Gasteiger partial charge >= 0.3 is 25.7 Å². The van der Waals surface area contributed by atoms with Gasteiger partial charge in [0.2, 0.25) is 0 Å². The fraction of sp³-hybridized carbons (Fsp3) is 0.722. The van der Waals surface area contributed by atoms with E-state index in [1.54, 1.807) is 25.8 Å². The molecule has 0 radical (unpaired) electrons. The summed E-state index contributed by atoms with van der Waals surface area (Å²) in [7, 11) is -4.03. The van der Waals surface area contributed by atoms with Gasteiger partial charge in [0.05, 0.1) is 25.2 Å². The number of hydrogen-bond donors (Lipinski definition) is 1. The van der Waals surface area contributed by atoms with Crippen molar-refractivity contribution in [2.45, 2.75) is 64.3 Å². The second-order valence-corrected chi connectivity index (χ2v) is 9.59. The number of hydrogen-bond acceptors (Lipinski definition) is 9. The van der Waals surface area contributed by atoms with E-state index in [9.17, 15) is 32.1 Å². The monoisotopic (exact) mass is 500 g/mol. The van der Waals surface area contributed by atoms with Crippen LogP contribution in [0.15, 0.2) is 15.8 Å². The SMILES string of the molecule is CC(C)OC(=O)C(C)CCO[P@@]1(=O)OC[C@H]2O[C@@H](n3cc(C(F)(F)F)c(=O)[nH]c3=O)C[C@@H]2O1. The lowest BCUT2D eigenvalue weighted by molar-refractivity contribution is -0.152. The Balaban J connectivity index is 1.62. The fourth-order valence-electron chi connectivity index (χ4n) is 3.27. The van der Waals surface area contributed by atoms with Crippen LogP contribution in [-0.2, 0) is 38.6 Å². The smallest absolute Gasteiger partial charge is 0.463 e. The number of carbonyl (C=O) groups is 1. The van der Waals surface area contributed by atoms with E-state index in [-0.39, 0.29) is 32.2 Å². The molecule has 0 aliphatic carbocycles. The highest BCUT2D eigenvalue weighted by molar-refractivity contribution is 7.48. The average molecular weight is 500 g/mol. The molecule has 0 spiro atoms. The predicted molar refractivity (Wildman–Crippen MR) is 104 cm³/mol. The molecule has 3 heterocycles. The molecule has 0 saturated carbocycles. The summed E-state index contributed by atoms with van der Waals surface area (Å²) in [5.74, 6) is -0.959. The molecule has 11 nitrogen and oxygen atoms in total. The summed E-state index contributed by atoms with van der Waals surface area (Å²) >= 11 is 0. The molecule has 33 heavy (non-hydrogen) atoms. The van der Waals surface area contributed by atoms with Gasteiger partial charge in [0.15, 0.2) is 0 Å². The third-order valence-corrected chi connectivity index (χ3v) is 6.47. The van der Waals surface area contributed by atoms with Crippen LogP contribution in [0, 0.1) is 5.92 Å². The Hall–Kier alpha value is -1.99. The van der Waals surface area contributed by atoms with Crippen molar-refractivity contribution in [2.24, 2.45) is 5.92 Å². The number of H-pyrrole nitrogens is 1. The number of nitrogens with one attached hydrogen (secondary N) is 1. The number of aromatic amines is 1. The van der Waals surface area contributed by atoms with Crippen molar-refractivity contribution in [3.63, 3.8) is 0 Å². The molecule has 1 N–H and O–H groups in total. The first-order chi connectivity index (χ1) is 15.3. The lowest BCUT2D eigenvalue weighted by atomic mass is 10.1. The van der Waals surface area contributed by atoms with Gasteiger partial charge in [0.1, 0.15) is 24.0 Å². The van der Waals surface area contributed by atoms with Crippen LogP contribution in [0.5, 0.6) is 0 Å². The molecule has 1 aromatic heterocycles. The Bertz CT molecular complexity index is 1040. The normalized spacial score (nSPS) is 28.5. The molecule has 2 saturated heterocycles. The molecule has 3 rings (SSSR count). The number of esters is 1. The Morgan fingerprint density at radius 3 is 2.64 bits per heavy atom. The molecular formula is C18H24F3N2O9P. The van der Waals surface area contributed by atoms with Crippen LogP contribution in [0.25, 0.3) is 0 Å². The van der Waals surface area contributed by atoms with Crippen molar-refractivity contribution < 1.29 is 45.6 Å². The van der Waals surface area contributed by atoms with Gasteiger partial charge in [-0.15, -0.1) is 0 Å². The molecule has 0 aromatic carbocycles. The molecule has 15 heteroatoms. The van der Waals surface area contributed by atoms with Crippen LogP contribution in [0.2, 0.25) is 0 Å². The maximum Gasteiger partial charge on any atom is 0.475 e. The Labute approximate surface area is 185 Å². The number of carbonyl (C=O) groups excluding carboxylic acids is 1. The first kappa shape index (κ1) is 25.6. The topological polar surface area (TPSA) is 135 Å². The molecule has 2 aliphatic heterocycles. The largest absolute Gasteiger partial charge is 0.475 e. The summed E-state index contributed by atoms with van der Waals surface area (Å²) in [6.45, 7) is 4.65. The van der Waals surface area contributed by atoms with Crippen LogP contribution in [-0.4, -0.2) is 47.0 Å². The maximum absolute atomic E-state index is 13.0. The highest BCUT2D eigenvalue weighted by Crippen LogP contribution is 2.56. The number of fused-ring (bicyclic) bond motifs is 1. The van der Waals surface area contributed by atoms with Gasteiger partial charge in [-0.3, -0.25) is 32.7 Å². The summed E-state index contributed by atoms with van der Waals surface area (Å²) in [6, 6.07) is 0. The van der Waals surface area contributed by atoms with Crippen LogP contribution in [0.1, 0.15) is 45.4 Å². The van der Waals surface area contributed by atoms with Gasteiger partial charge in [-0.2, -0.15) is 13.2 Å². The lowest BCUT2D eigenvalue weighted by Gasteiger charge is -2.30. The standard InChI is InChI=1S/C18H24F3N2O9P/c1-9(2)30-16(25)10(3)4-5-28-33(27)29-8-13-12(32-33)6-14(31-13)23-7-11(18(19,20)21)15(24)22-17(23)26/h7,9-10,12-14H,4-6,8H2,1-3H3,(H,22,24,26)/t10?,12-,13+,14+,33-/m0/s1. The molecule has 1 aromatic rings. The van der Waals surface area contributed by atoms with E-state index in [1.807, 2.05) is 0 Å². The minimum Gasteiger partial charge on any atom is -0.463 e. The molecule has 0 bridgehead atoms. The number of aromatic nitrogens is 2. The molecule has 2 aliphatic rings. The Morgan fingerprint density at radius 2 is 2.00 bits per heavy atom. The maximum atomic E-state index is 13.0. The van der Waals surface area contributed by atoms with Gasteiger partial charge in [0.25, 0.3) is 5.56 Å². The Kier molecular flexibility index (Phi) is 7.54. The summed E-state index contributed by atoms with van der Waals surface area (Å²) in [6.07, 6.45) is -7.77. The van der Waals surface area contributed by atoms with E-state index in [0.717, 1.165) is 0 Å². The summed E-state index contributed by atoms with van der Waals surface area (Å²) in [5, 5.41) is 0. The van der Waals surface area contributed by atoms with E-state index in [0.29, 0.717) is 10.8 Å². The minimum absolute atomic E-state index is 0.137. The number of nitrogens with zero attached hydrogens (tertiary/aromatic N) is 1. The van der Waals surface area contributed by atoms with Crippen molar-refractivity contribution in [3.8, 4) is 0 Å². The van der Waals surface area contributed by atoms with Crippen molar-refractivity contribution in [1.82, 2.24) is 9.55 Å². The van der Waals surface area contributed by atoms with E-state index in [1.165, 1.54) is 0 Å². The number of ether oxygens (including phenoxy) is 2. The summed E-state index contributed by atoms with van der Waals surface area (Å²) in [5.41, 5.74) is -4.22. The van der Waals surface area contributed by atoms with Crippen LogP contribution in [0.3, 0.4) is 0 Å². The number of rotatable bonds is 7. The molecule has 186 valence electrons. The van der Waals surface area contributed by atoms with Crippen LogP contribution < -0.4 is 11.2 Å². The first-order valence-electron chi connectivity index (χ1n) is 10.1. The minimum atomic E-state index is -4.98. The molecule has 0 amide bonds. The van der Waals surface area contributed by atoms with Crippen LogP contribution in [0.4, 0.5) is 13.2 Å². The number of phosphoric acid groups is 1. The van der Waals surface area contributed by atoms with Gasteiger partial charge in [0, 0.05) is 12.6 Å². The first-order valence-corrected chi connectivity index (χ1v) is 11.6. The van der Waals surface area contributed by atoms with Gasteiger partial charge < -0.3 is 9.47 Å². The zero-order valence-electron chi connectivity index (χ0n) is 18.0. The second kappa shape index (κ2) is 9.71. The molecule has 5 atom stereocenters. The van der Waals surface area contributed by atoms with Gasteiger partial charge in [-0.25, -0.2) is 9.36 Å². The third kappa shape index (κ3) is 6.12. The van der Waals surface area contributed by atoms with Crippen molar-refractivity contribution in [1.29, 1.82) is 0 Å². The van der Waals surface area contributed by atoms with Crippen molar-refractivity contribution in [2.75, 3.05) is 13.2 Å². The number of halogens is 3. The van der Waals surface area contributed by atoms with E-state index >= 15 is 0 Å². The number of phosphoric ester groups is 1.